The summed E-state index contributed by atoms with van der Waals surface area (Å²) in [4.78, 5) is 0. The van der Waals surface area contributed by atoms with Crippen molar-refractivity contribution < 1.29 is 17.9 Å². The maximum absolute atomic E-state index is 14.9. The molecule has 3 aromatic carbocycles. The molecule has 0 N–H and O–H groups in total. The standard InChI is InChI=1S/C32H33F3O/c1-2-3-4-21-5-7-22(8-6-21)9-10-25-15-16-26(19-29(25)33)23-11-13-24(14-12-23)27-17-18-28(30-20-36-30)32(35)31(27)34/h7,11-19,21,30H,2-6,8-10,20H2,1H3. The monoisotopic (exact) mass is 490 g/mol. The molecule has 0 amide bonds. The van der Waals surface area contributed by atoms with E-state index in [1.807, 2.05) is 24.3 Å². The number of aryl methyl sites for hydroxylation is 1. The lowest BCUT2D eigenvalue weighted by atomic mass is 9.84. The van der Waals surface area contributed by atoms with Crippen molar-refractivity contribution in [3.63, 3.8) is 0 Å². The van der Waals surface area contributed by atoms with E-state index < -0.39 is 11.6 Å². The first-order valence-electron chi connectivity index (χ1n) is 13.2. The van der Waals surface area contributed by atoms with Crippen LogP contribution in [-0.4, -0.2) is 6.61 Å². The Hall–Kier alpha value is -2.85. The van der Waals surface area contributed by atoms with Gasteiger partial charge >= 0.3 is 0 Å². The summed E-state index contributed by atoms with van der Waals surface area (Å²) in [5, 5.41) is 0. The van der Waals surface area contributed by atoms with Gasteiger partial charge in [-0.25, -0.2) is 13.2 Å². The van der Waals surface area contributed by atoms with Gasteiger partial charge in [-0.05, 0) is 66.3 Å². The molecule has 1 fully saturated rings. The summed E-state index contributed by atoms with van der Waals surface area (Å²) >= 11 is 0. The molecular formula is C32H33F3O. The molecule has 0 bridgehead atoms. The first-order valence-corrected chi connectivity index (χ1v) is 13.2. The van der Waals surface area contributed by atoms with Gasteiger partial charge in [-0.3, -0.25) is 0 Å². The van der Waals surface area contributed by atoms with Gasteiger partial charge in [0.15, 0.2) is 11.6 Å². The van der Waals surface area contributed by atoms with Crippen molar-refractivity contribution in [3.8, 4) is 22.3 Å². The van der Waals surface area contributed by atoms with E-state index in [1.165, 1.54) is 37.7 Å². The van der Waals surface area contributed by atoms with E-state index in [4.69, 9.17) is 4.74 Å². The number of rotatable bonds is 9. The van der Waals surface area contributed by atoms with Crippen LogP contribution in [0.2, 0.25) is 0 Å². The molecule has 2 unspecified atom stereocenters. The fourth-order valence-corrected chi connectivity index (χ4v) is 5.26. The van der Waals surface area contributed by atoms with Crippen LogP contribution >= 0.6 is 0 Å². The maximum Gasteiger partial charge on any atom is 0.167 e. The first-order chi connectivity index (χ1) is 17.5. The lowest BCUT2D eigenvalue weighted by Gasteiger charge is -2.22. The van der Waals surface area contributed by atoms with Crippen LogP contribution < -0.4 is 0 Å². The topological polar surface area (TPSA) is 12.5 Å². The van der Waals surface area contributed by atoms with Crippen LogP contribution in [0.3, 0.4) is 0 Å². The van der Waals surface area contributed by atoms with Crippen LogP contribution in [0.15, 0.2) is 66.2 Å². The van der Waals surface area contributed by atoms with Gasteiger partial charge < -0.3 is 4.74 Å². The van der Waals surface area contributed by atoms with Gasteiger partial charge in [0.25, 0.3) is 0 Å². The van der Waals surface area contributed by atoms with Gasteiger partial charge in [0.1, 0.15) is 11.9 Å². The molecule has 5 rings (SSSR count). The molecule has 0 saturated carbocycles. The molecule has 1 aliphatic heterocycles. The summed E-state index contributed by atoms with van der Waals surface area (Å²) in [5.74, 6) is -1.09. The van der Waals surface area contributed by atoms with Crippen molar-refractivity contribution in [2.75, 3.05) is 6.61 Å². The Labute approximate surface area is 212 Å². The summed E-state index contributed by atoms with van der Waals surface area (Å²) in [6, 6.07) is 15.7. The van der Waals surface area contributed by atoms with Crippen molar-refractivity contribution in [1.82, 2.24) is 0 Å². The molecule has 1 nitrogen and oxygen atoms in total. The molecule has 2 atom stereocenters. The lowest BCUT2D eigenvalue weighted by Crippen LogP contribution is -2.06. The minimum Gasteiger partial charge on any atom is -0.368 e. The van der Waals surface area contributed by atoms with Gasteiger partial charge in [-0.15, -0.1) is 0 Å². The number of ether oxygens (including phenoxy) is 1. The molecule has 4 heteroatoms. The van der Waals surface area contributed by atoms with E-state index in [0.717, 1.165) is 35.4 Å². The molecule has 3 aromatic rings. The predicted octanol–water partition coefficient (Wildman–Crippen LogP) is 9.36. The second kappa shape index (κ2) is 11.0. The minimum atomic E-state index is -0.865. The smallest absolute Gasteiger partial charge is 0.167 e. The highest BCUT2D eigenvalue weighted by Crippen LogP contribution is 2.36. The van der Waals surface area contributed by atoms with Gasteiger partial charge in [0.2, 0.25) is 0 Å². The average Bonchev–Trinajstić information content (AvgIpc) is 3.74. The number of epoxide rings is 1. The van der Waals surface area contributed by atoms with E-state index >= 15 is 0 Å². The highest BCUT2D eigenvalue weighted by Gasteiger charge is 2.30. The normalized spacial score (nSPS) is 19.3. The molecule has 36 heavy (non-hydrogen) atoms. The molecular weight excluding hydrogens is 457 g/mol. The van der Waals surface area contributed by atoms with Crippen LogP contribution in [0.25, 0.3) is 22.3 Å². The molecule has 1 aliphatic carbocycles. The second-order valence-corrected chi connectivity index (χ2v) is 10.2. The number of benzene rings is 3. The van der Waals surface area contributed by atoms with Crippen molar-refractivity contribution in [2.45, 2.75) is 64.4 Å². The Morgan fingerprint density at radius 2 is 1.61 bits per heavy atom. The first kappa shape index (κ1) is 24.8. The maximum atomic E-state index is 14.9. The van der Waals surface area contributed by atoms with Crippen molar-refractivity contribution in [1.29, 1.82) is 0 Å². The molecule has 1 heterocycles. The highest BCUT2D eigenvalue weighted by molar-refractivity contribution is 5.71. The third-order valence-corrected chi connectivity index (χ3v) is 7.67. The predicted molar refractivity (Wildman–Crippen MR) is 139 cm³/mol. The van der Waals surface area contributed by atoms with Crippen LogP contribution in [0.4, 0.5) is 13.2 Å². The molecule has 0 radical (unpaired) electrons. The van der Waals surface area contributed by atoms with E-state index in [1.54, 1.807) is 30.3 Å². The highest BCUT2D eigenvalue weighted by atomic mass is 19.2. The summed E-state index contributed by atoms with van der Waals surface area (Å²) in [7, 11) is 0. The van der Waals surface area contributed by atoms with Gasteiger partial charge in [0, 0.05) is 11.1 Å². The van der Waals surface area contributed by atoms with Crippen LogP contribution in [0.1, 0.15) is 69.1 Å². The third-order valence-electron chi connectivity index (χ3n) is 7.67. The number of hydrogen-bond acceptors (Lipinski definition) is 1. The number of allylic oxidation sites excluding steroid dienone is 2. The number of unbranched alkanes of at least 4 members (excludes halogenated alkanes) is 1. The van der Waals surface area contributed by atoms with Gasteiger partial charge in [-0.1, -0.05) is 86.4 Å². The Kier molecular flexibility index (Phi) is 7.62. The molecule has 2 aliphatic rings. The van der Waals surface area contributed by atoms with E-state index in [-0.39, 0.29) is 23.0 Å². The molecule has 0 aromatic heterocycles. The summed E-state index contributed by atoms with van der Waals surface area (Å²) < 4.78 is 49.1. The Morgan fingerprint density at radius 3 is 2.28 bits per heavy atom. The lowest BCUT2D eigenvalue weighted by molar-refractivity contribution is 0.401. The number of halogens is 3. The summed E-state index contributed by atoms with van der Waals surface area (Å²) in [5.41, 5.74) is 4.85. The summed E-state index contributed by atoms with van der Waals surface area (Å²) in [6.45, 7) is 2.67. The van der Waals surface area contributed by atoms with Gasteiger partial charge in [-0.2, -0.15) is 0 Å². The van der Waals surface area contributed by atoms with Gasteiger partial charge in [0.05, 0.1) is 6.61 Å². The average molecular weight is 491 g/mol. The Bertz CT molecular complexity index is 1240. The summed E-state index contributed by atoms with van der Waals surface area (Å²) in [6.07, 6.45) is 11.1. The van der Waals surface area contributed by atoms with Crippen molar-refractivity contribution >= 4 is 0 Å². The van der Waals surface area contributed by atoms with Crippen LogP contribution in [-0.2, 0) is 11.2 Å². The zero-order chi connectivity index (χ0) is 25.1. The minimum absolute atomic E-state index is 0.195. The SMILES string of the molecule is CCCCC1CC=C(CCc2ccc(-c3ccc(-c4ccc(C5CO5)c(F)c4F)cc3)cc2F)CC1. The molecule has 0 spiro atoms. The largest absolute Gasteiger partial charge is 0.368 e. The van der Waals surface area contributed by atoms with Crippen molar-refractivity contribution in [2.24, 2.45) is 5.92 Å². The fourth-order valence-electron chi connectivity index (χ4n) is 5.26. The molecule has 1 saturated heterocycles. The second-order valence-electron chi connectivity index (χ2n) is 10.2. The van der Waals surface area contributed by atoms with E-state index in [2.05, 4.69) is 13.0 Å². The zero-order valence-corrected chi connectivity index (χ0v) is 20.8. The van der Waals surface area contributed by atoms with Crippen molar-refractivity contribution in [3.05, 3.63) is 94.8 Å². The van der Waals surface area contributed by atoms with E-state index in [9.17, 15) is 13.2 Å². The quantitative estimate of drug-likeness (QED) is 0.215. The fraction of sp³-hybridized carbons (Fsp3) is 0.375. The van der Waals surface area contributed by atoms with E-state index in [0.29, 0.717) is 18.6 Å². The molecule has 188 valence electrons. The zero-order valence-electron chi connectivity index (χ0n) is 20.8. The Balaban J connectivity index is 1.23. The number of hydrogen-bond donors (Lipinski definition) is 0. The van der Waals surface area contributed by atoms with Crippen LogP contribution in [0.5, 0.6) is 0 Å². The third kappa shape index (κ3) is 5.59. The Morgan fingerprint density at radius 1 is 0.861 bits per heavy atom. The van der Waals surface area contributed by atoms with Crippen LogP contribution in [0, 0.1) is 23.4 Å².